The number of para-hydroxylation sites is 2. The molecule has 5 heteroatoms. The smallest absolute Gasteiger partial charge is 0.144 e. The van der Waals surface area contributed by atoms with Gasteiger partial charge in [0, 0.05) is 23.1 Å². The zero-order chi connectivity index (χ0) is 19.7. The quantitative estimate of drug-likeness (QED) is 0.553. The number of rotatable bonds is 4. The predicted molar refractivity (Wildman–Crippen MR) is 113 cm³/mol. The number of benzene rings is 2. The zero-order valence-electron chi connectivity index (χ0n) is 16.5. The van der Waals surface area contributed by atoms with Crippen LogP contribution in [0.25, 0.3) is 16.9 Å². The Morgan fingerprint density at radius 1 is 1.14 bits per heavy atom. The van der Waals surface area contributed by atoms with E-state index in [2.05, 4.69) is 19.9 Å². The lowest BCUT2D eigenvalue weighted by Crippen LogP contribution is -2.33. The SMILES string of the molecule is COc1ccccc1-n1nc(C2CCOC(C)(C)C2)cc1-c1ccc(Cl)cc1. The maximum absolute atomic E-state index is 6.11. The second-order valence-electron chi connectivity index (χ2n) is 7.84. The van der Waals surface area contributed by atoms with Crippen LogP contribution in [0.2, 0.25) is 5.02 Å². The number of nitrogens with zero attached hydrogens (tertiary/aromatic N) is 2. The molecule has 0 bridgehead atoms. The molecule has 4 nitrogen and oxygen atoms in total. The highest BCUT2D eigenvalue weighted by Gasteiger charge is 2.32. The van der Waals surface area contributed by atoms with Crippen molar-refractivity contribution in [1.29, 1.82) is 0 Å². The molecule has 1 unspecified atom stereocenters. The first kappa shape index (κ1) is 19.0. The number of hydrogen-bond acceptors (Lipinski definition) is 3. The Bertz CT molecular complexity index is 963. The van der Waals surface area contributed by atoms with E-state index in [1.165, 1.54) is 0 Å². The summed E-state index contributed by atoms with van der Waals surface area (Å²) < 4.78 is 13.5. The normalized spacial score (nSPS) is 18.8. The maximum Gasteiger partial charge on any atom is 0.144 e. The molecule has 0 saturated carbocycles. The van der Waals surface area contributed by atoms with Crippen LogP contribution in [-0.4, -0.2) is 29.1 Å². The Morgan fingerprint density at radius 3 is 2.61 bits per heavy atom. The molecule has 0 radical (unpaired) electrons. The van der Waals surface area contributed by atoms with Gasteiger partial charge >= 0.3 is 0 Å². The van der Waals surface area contributed by atoms with Crippen LogP contribution in [0.5, 0.6) is 5.75 Å². The first-order valence-electron chi connectivity index (χ1n) is 9.60. The van der Waals surface area contributed by atoms with E-state index in [1.54, 1.807) is 7.11 Å². The van der Waals surface area contributed by atoms with Gasteiger partial charge in [-0.1, -0.05) is 35.9 Å². The van der Waals surface area contributed by atoms with Crippen LogP contribution in [0, 0.1) is 0 Å². The third-order valence-electron chi connectivity index (χ3n) is 5.30. The fourth-order valence-corrected chi connectivity index (χ4v) is 4.02. The zero-order valence-corrected chi connectivity index (χ0v) is 17.2. The number of aromatic nitrogens is 2. The van der Waals surface area contributed by atoms with E-state index in [1.807, 2.05) is 53.2 Å². The van der Waals surface area contributed by atoms with Crippen molar-refractivity contribution in [1.82, 2.24) is 9.78 Å². The van der Waals surface area contributed by atoms with Crippen molar-refractivity contribution in [2.75, 3.05) is 13.7 Å². The summed E-state index contributed by atoms with van der Waals surface area (Å²) in [5, 5.41) is 5.75. The van der Waals surface area contributed by atoms with Crippen molar-refractivity contribution < 1.29 is 9.47 Å². The van der Waals surface area contributed by atoms with Crippen LogP contribution < -0.4 is 4.74 Å². The average Bonchev–Trinajstić information content (AvgIpc) is 3.13. The summed E-state index contributed by atoms with van der Waals surface area (Å²) in [6, 6.07) is 18.0. The number of halogens is 1. The van der Waals surface area contributed by atoms with Crippen molar-refractivity contribution in [2.45, 2.75) is 38.2 Å². The minimum absolute atomic E-state index is 0.127. The Morgan fingerprint density at radius 2 is 1.89 bits per heavy atom. The molecule has 1 aliphatic rings. The summed E-state index contributed by atoms with van der Waals surface area (Å²) in [6.07, 6.45) is 1.93. The monoisotopic (exact) mass is 396 g/mol. The van der Waals surface area contributed by atoms with E-state index < -0.39 is 0 Å². The minimum Gasteiger partial charge on any atom is -0.494 e. The van der Waals surface area contributed by atoms with E-state index >= 15 is 0 Å². The highest BCUT2D eigenvalue weighted by atomic mass is 35.5. The summed E-state index contributed by atoms with van der Waals surface area (Å²) in [5.41, 5.74) is 3.98. The Balaban J connectivity index is 1.83. The van der Waals surface area contributed by atoms with Crippen LogP contribution >= 0.6 is 11.6 Å². The molecular weight excluding hydrogens is 372 g/mol. The lowest BCUT2D eigenvalue weighted by atomic mass is 9.86. The number of ether oxygens (including phenoxy) is 2. The number of hydrogen-bond donors (Lipinski definition) is 0. The number of methoxy groups -OCH3 is 1. The molecule has 1 aromatic heterocycles. The average molecular weight is 397 g/mol. The molecular formula is C23H25ClN2O2. The van der Waals surface area contributed by atoms with Crippen LogP contribution in [0.3, 0.4) is 0 Å². The third-order valence-corrected chi connectivity index (χ3v) is 5.55. The molecule has 4 rings (SSSR count). The Hall–Kier alpha value is -2.30. The van der Waals surface area contributed by atoms with Gasteiger partial charge in [0.05, 0.1) is 24.1 Å². The van der Waals surface area contributed by atoms with E-state index in [0.29, 0.717) is 5.92 Å². The van der Waals surface area contributed by atoms with Gasteiger partial charge in [-0.05, 0) is 57.0 Å². The molecule has 0 spiro atoms. The second-order valence-corrected chi connectivity index (χ2v) is 8.28. The molecule has 0 aliphatic carbocycles. The largest absolute Gasteiger partial charge is 0.494 e. The van der Waals surface area contributed by atoms with E-state index in [-0.39, 0.29) is 5.60 Å². The molecule has 28 heavy (non-hydrogen) atoms. The van der Waals surface area contributed by atoms with Gasteiger partial charge in [0.1, 0.15) is 11.4 Å². The van der Waals surface area contributed by atoms with Crippen LogP contribution in [-0.2, 0) is 4.74 Å². The first-order valence-corrected chi connectivity index (χ1v) is 9.98. The molecule has 0 amide bonds. The minimum atomic E-state index is -0.127. The van der Waals surface area contributed by atoms with Crippen LogP contribution in [0.4, 0.5) is 0 Å². The predicted octanol–water partition coefficient (Wildman–Crippen LogP) is 5.87. The highest BCUT2D eigenvalue weighted by Crippen LogP contribution is 2.38. The van der Waals surface area contributed by atoms with Crippen molar-refractivity contribution in [2.24, 2.45) is 0 Å². The van der Waals surface area contributed by atoms with Gasteiger partial charge in [-0.2, -0.15) is 5.10 Å². The van der Waals surface area contributed by atoms with Gasteiger partial charge < -0.3 is 9.47 Å². The molecule has 2 aromatic carbocycles. The Labute approximate surface area is 171 Å². The molecule has 1 atom stereocenters. The fraction of sp³-hybridized carbons (Fsp3) is 0.348. The highest BCUT2D eigenvalue weighted by molar-refractivity contribution is 6.30. The summed E-state index contributed by atoms with van der Waals surface area (Å²) in [6.45, 7) is 5.06. The standard InChI is InChI=1S/C23H25ClN2O2/c1-23(2)15-17(12-13-28-23)19-14-21(16-8-10-18(24)11-9-16)26(25-19)20-6-4-5-7-22(20)27-3/h4-11,14,17H,12-13,15H2,1-3H3. The Kier molecular flexibility index (Phi) is 5.17. The van der Waals surface area contributed by atoms with Crippen molar-refractivity contribution >= 4 is 11.6 Å². The van der Waals surface area contributed by atoms with E-state index in [4.69, 9.17) is 26.2 Å². The van der Waals surface area contributed by atoms with Gasteiger partial charge in [0.25, 0.3) is 0 Å². The van der Waals surface area contributed by atoms with Crippen molar-refractivity contribution in [3.63, 3.8) is 0 Å². The van der Waals surface area contributed by atoms with Gasteiger partial charge in [0.2, 0.25) is 0 Å². The summed E-state index contributed by atoms with van der Waals surface area (Å²) in [4.78, 5) is 0. The molecule has 3 aromatic rings. The first-order chi connectivity index (χ1) is 13.5. The van der Waals surface area contributed by atoms with Crippen LogP contribution in [0.1, 0.15) is 38.3 Å². The molecule has 1 saturated heterocycles. The van der Waals surface area contributed by atoms with E-state index in [0.717, 1.165) is 52.9 Å². The lowest BCUT2D eigenvalue weighted by molar-refractivity contribution is -0.0598. The van der Waals surface area contributed by atoms with Gasteiger partial charge in [-0.3, -0.25) is 0 Å². The van der Waals surface area contributed by atoms with Gasteiger partial charge in [-0.15, -0.1) is 0 Å². The van der Waals surface area contributed by atoms with E-state index in [9.17, 15) is 0 Å². The third kappa shape index (κ3) is 3.80. The van der Waals surface area contributed by atoms with Crippen LogP contribution in [0.15, 0.2) is 54.6 Å². The summed E-state index contributed by atoms with van der Waals surface area (Å²) in [7, 11) is 1.69. The summed E-state index contributed by atoms with van der Waals surface area (Å²) in [5.74, 6) is 1.16. The second kappa shape index (κ2) is 7.61. The van der Waals surface area contributed by atoms with Gasteiger partial charge in [-0.25, -0.2) is 4.68 Å². The lowest BCUT2D eigenvalue weighted by Gasteiger charge is -2.34. The fourth-order valence-electron chi connectivity index (χ4n) is 3.90. The van der Waals surface area contributed by atoms with Gasteiger partial charge in [0.15, 0.2) is 0 Å². The summed E-state index contributed by atoms with van der Waals surface area (Å²) >= 11 is 6.11. The topological polar surface area (TPSA) is 36.3 Å². The van der Waals surface area contributed by atoms with Crippen molar-refractivity contribution in [3.05, 3.63) is 65.3 Å². The molecule has 0 N–H and O–H groups in total. The molecule has 1 fully saturated rings. The molecule has 146 valence electrons. The maximum atomic E-state index is 6.11. The molecule has 1 aliphatic heterocycles. The molecule has 2 heterocycles. The van der Waals surface area contributed by atoms with Crippen molar-refractivity contribution in [3.8, 4) is 22.7 Å².